The van der Waals surface area contributed by atoms with Gasteiger partial charge in [0.15, 0.2) is 0 Å². The fraction of sp³-hybridized carbons (Fsp3) is 0.100. The quantitative estimate of drug-likeness (QED) is 0.423. The van der Waals surface area contributed by atoms with Crippen molar-refractivity contribution in [2.45, 2.75) is 13.5 Å². The minimum absolute atomic E-state index is 0.0254. The molecule has 0 amide bonds. The fourth-order valence-electron chi connectivity index (χ4n) is 2.50. The zero-order valence-electron chi connectivity index (χ0n) is 13.9. The van der Waals surface area contributed by atoms with Crippen LogP contribution in [0.2, 0.25) is 5.02 Å². The van der Waals surface area contributed by atoms with Crippen molar-refractivity contribution in [2.24, 2.45) is 0 Å². The minimum Gasteiger partial charge on any atom is -0.508 e. The van der Waals surface area contributed by atoms with Gasteiger partial charge in [-0.1, -0.05) is 29.8 Å². The van der Waals surface area contributed by atoms with E-state index in [1.807, 2.05) is 6.07 Å². The molecule has 0 aliphatic rings. The predicted molar refractivity (Wildman–Crippen MR) is 99.2 cm³/mol. The van der Waals surface area contributed by atoms with Gasteiger partial charge in [0.1, 0.15) is 17.9 Å². The van der Waals surface area contributed by atoms with Crippen molar-refractivity contribution in [3.8, 4) is 5.75 Å². The number of esters is 1. The Morgan fingerprint density at radius 3 is 2.81 bits per heavy atom. The van der Waals surface area contributed by atoms with Gasteiger partial charge in [0, 0.05) is 33.7 Å². The van der Waals surface area contributed by atoms with E-state index in [4.69, 9.17) is 20.8 Å². The van der Waals surface area contributed by atoms with E-state index in [2.05, 4.69) is 0 Å². The SMILES string of the molecule is Cc1c(O)ccc2c(COC(=O)/C=C/c3ccccc3Cl)cc(=O)oc12. The van der Waals surface area contributed by atoms with Crippen molar-refractivity contribution < 1.29 is 19.1 Å². The molecule has 3 aromatic rings. The second-order valence-electron chi connectivity index (χ2n) is 5.64. The number of aromatic hydroxyl groups is 1. The van der Waals surface area contributed by atoms with Crippen LogP contribution < -0.4 is 5.63 Å². The van der Waals surface area contributed by atoms with Crippen molar-refractivity contribution in [1.29, 1.82) is 0 Å². The predicted octanol–water partition coefficient (Wildman–Crippen LogP) is 4.22. The Balaban J connectivity index is 1.80. The molecule has 132 valence electrons. The highest BCUT2D eigenvalue weighted by Crippen LogP contribution is 2.27. The van der Waals surface area contributed by atoms with Gasteiger partial charge < -0.3 is 14.3 Å². The number of carbonyl (C=O) groups excluding carboxylic acids is 1. The van der Waals surface area contributed by atoms with Crippen LogP contribution in [-0.2, 0) is 16.1 Å². The van der Waals surface area contributed by atoms with Crippen LogP contribution in [0.15, 0.2) is 57.8 Å². The van der Waals surface area contributed by atoms with Crippen LogP contribution in [0.5, 0.6) is 5.75 Å². The van der Waals surface area contributed by atoms with Gasteiger partial charge in [-0.05, 0) is 36.8 Å². The maximum absolute atomic E-state index is 11.9. The molecule has 0 bridgehead atoms. The zero-order valence-corrected chi connectivity index (χ0v) is 14.6. The molecule has 1 aromatic heterocycles. The first-order valence-electron chi connectivity index (χ1n) is 7.80. The molecule has 0 saturated heterocycles. The van der Waals surface area contributed by atoms with Crippen molar-refractivity contribution in [3.63, 3.8) is 0 Å². The van der Waals surface area contributed by atoms with Crippen LogP contribution >= 0.6 is 11.6 Å². The lowest BCUT2D eigenvalue weighted by molar-refractivity contribution is -0.138. The van der Waals surface area contributed by atoms with Gasteiger partial charge in [0.05, 0.1) is 0 Å². The van der Waals surface area contributed by atoms with Crippen LogP contribution in [0.4, 0.5) is 0 Å². The average molecular weight is 371 g/mol. The third-order valence-corrected chi connectivity index (χ3v) is 4.24. The summed E-state index contributed by atoms with van der Waals surface area (Å²) in [5.41, 5.74) is 1.34. The van der Waals surface area contributed by atoms with E-state index >= 15 is 0 Å². The number of hydrogen-bond acceptors (Lipinski definition) is 5. The molecule has 1 N–H and O–H groups in total. The van der Waals surface area contributed by atoms with Gasteiger partial charge in [-0.2, -0.15) is 0 Å². The lowest BCUT2D eigenvalue weighted by Gasteiger charge is -2.08. The topological polar surface area (TPSA) is 76.7 Å². The summed E-state index contributed by atoms with van der Waals surface area (Å²) < 4.78 is 10.4. The third kappa shape index (κ3) is 3.78. The molecule has 0 spiro atoms. The molecule has 0 saturated carbocycles. The molecule has 0 atom stereocenters. The molecule has 0 radical (unpaired) electrons. The van der Waals surface area contributed by atoms with Crippen molar-refractivity contribution in [3.05, 3.63) is 80.7 Å². The fourth-order valence-corrected chi connectivity index (χ4v) is 2.70. The number of phenolic OH excluding ortho intramolecular Hbond substituents is 1. The first-order valence-corrected chi connectivity index (χ1v) is 8.18. The Kier molecular flexibility index (Phi) is 5.09. The smallest absolute Gasteiger partial charge is 0.336 e. The number of hydrogen-bond donors (Lipinski definition) is 1. The highest BCUT2D eigenvalue weighted by atomic mass is 35.5. The van der Waals surface area contributed by atoms with Crippen molar-refractivity contribution >= 4 is 34.6 Å². The van der Waals surface area contributed by atoms with Crippen molar-refractivity contribution in [1.82, 2.24) is 0 Å². The van der Waals surface area contributed by atoms with Gasteiger partial charge in [0.25, 0.3) is 0 Å². The maximum atomic E-state index is 11.9. The lowest BCUT2D eigenvalue weighted by atomic mass is 10.1. The number of fused-ring (bicyclic) bond motifs is 1. The molecule has 26 heavy (non-hydrogen) atoms. The van der Waals surface area contributed by atoms with E-state index in [0.29, 0.717) is 27.1 Å². The minimum atomic E-state index is -0.580. The van der Waals surface area contributed by atoms with E-state index in [0.717, 1.165) is 0 Å². The van der Waals surface area contributed by atoms with Gasteiger partial charge >= 0.3 is 11.6 Å². The summed E-state index contributed by atoms with van der Waals surface area (Å²) in [4.78, 5) is 23.7. The molecular weight excluding hydrogens is 356 g/mol. The number of halogens is 1. The van der Waals surface area contributed by atoms with Gasteiger partial charge in [0.2, 0.25) is 0 Å². The second-order valence-corrected chi connectivity index (χ2v) is 6.05. The Morgan fingerprint density at radius 2 is 2.04 bits per heavy atom. The molecule has 0 aliphatic carbocycles. The standard InChI is InChI=1S/C20H15ClO5/c1-12-17(22)8-7-15-14(10-19(24)26-20(12)15)11-25-18(23)9-6-13-4-2-3-5-16(13)21/h2-10,22H,11H2,1H3/b9-6+. The number of ether oxygens (including phenoxy) is 1. The summed E-state index contributed by atoms with van der Waals surface area (Å²) in [6.45, 7) is 1.54. The van der Waals surface area contributed by atoms with Gasteiger partial charge in [-0.3, -0.25) is 0 Å². The summed E-state index contributed by atoms with van der Waals surface area (Å²) in [7, 11) is 0. The highest BCUT2D eigenvalue weighted by Gasteiger charge is 2.12. The Bertz CT molecular complexity index is 1070. The lowest BCUT2D eigenvalue weighted by Crippen LogP contribution is -2.06. The Morgan fingerprint density at radius 1 is 1.27 bits per heavy atom. The maximum Gasteiger partial charge on any atom is 0.336 e. The van der Waals surface area contributed by atoms with Crippen LogP contribution in [-0.4, -0.2) is 11.1 Å². The summed E-state index contributed by atoms with van der Waals surface area (Å²) >= 11 is 6.02. The number of rotatable bonds is 4. The van der Waals surface area contributed by atoms with Crippen molar-refractivity contribution in [2.75, 3.05) is 0 Å². The number of benzene rings is 2. The van der Waals surface area contributed by atoms with Crippen LogP contribution in [0.3, 0.4) is 0 Å². The molecule has 0 aliphatic heterocycles. The van der Waals surface area contributed by atoms with E-state index in [-0.39, 0.29) is 17.9 Å². The summed E-state index contributed by atoms with van der Waals surface area (Å²) in [5.74, 6) is -0.542. The monoisotopic (exact) mass is 370 g/mol. The summed E-state index contributed by atoms with van der Waals surface area (Å²) in [6.07, 6.45) is 2.83. The second kappa shape index (κ2) is 7.45. The molecule has 6 heteroatoms. The van der Waals surface area contributed by atoms with Crippen LogP contribution in [0.25, 0.3) is 17.0 Å². The van der Waals surface area contributed by atoms with E-state index in [1.54, 1.807) is 37.3 Å². The molecule has 3 rings (SSSR count). The van der Waals surface area contributed by atoms with Gasteiger partial charge in [-0.25, -0.2) is 9.59 Å². The normalized spacial score (nSPS) is 11.2. The highest BCUT2D eigenvalue weighted by molar-refractivity contribution is 6.32. The Labute approximate surface area is 154 Å². The molecule has 1 heterocycles. The van der Waals surface area contributed by atoms with E-state index < -0.39 is 11.6 Å². The molecular formula is C20H15ClO5. The average Bonchev–Trinajstić information content (AvgIpc) is 2.62. The third-order valence-electron chi connectivity index (χ3n) is 3.89. The number of carbonyl (C=O) groups is 1. The first kappa shape index (κ1) is 17.8. The Hall–Kier alpha value is -3.05. The van der Waals surface area contributed by atoms with E-state index in [9.17, 15) is 14.7 Å². The first-order chi connectivity index (χ1) is 12.5. The summed E-state index contributed by atoms with van der Waals surface area (Å²) in [5, 5.41) is 10.9. The largest absolute Gasteiger partial charge is 0.508 e. The zero-order chi connectivity index (χ0) is 18.7. The molecule has 0 unspecified atom stereocenters. The van der Waals surface area contributed by atoms with Crippen LogP contribution in [0.1, 0.15) is 16.7 Å². The van der Waals surface area contributed by atoms with Crippen LogP contribution in [0, 0.1) is 6.92 Å². The number of phenols is 1. The molecule has 2 aromatic carbocycles. The van der Waals surface area contributed by atoms with E-state index in [1.165, 1.54) is 18.2 Å². The van der Waals surface area contributed by atoms with Gasteiger partial charge in [-0.15, -0.1) is 0 Å². The molecule has 0 fully saturated rings. The summed E-state index contributed by atoms with van der Waals surface area (Å²) in [6, 6.07) is 11.5. The number of aryl methyl sites for hydroxylation is 1. The molecule has 5 nitrogen and oxygen atoms in total.